The normalized spacial score (nSPS) is 54.6. The summed E-state index contributed by atoms with van der Waals surface area (Å²) in [5.41, 5.74) is -1.45. The van der Waals surface area contributed by atoms with E-state index in [1.807, 2.05) is 6.92 Å². The van der Waals surface area contributed by atoms with Gasteiger partial charge < -0.3 is 84.6 Å². The molecule has 11 N–H and O–H groups in total. The number of aliphatic carboxylic acids is 1. The van der Waals surface area contributed by atoms with Gasteiger partial charge in [0.25, 0.3) is 0 Å². The highest BCUT2D eigenvalue weighted by Crippen LogP contribution is 2.73. The Balaban J connectivity index is 1.13. The van der Waals surface area contributed by atoms with Crippen LogP contribution in [-0.4, -0.2) is 180 Å². The highest BCUT2D eigenvalue weighted by Gasteiger charge is 2.69. The van der Waals surface area contributed by atoms with Crippen LogP contribution in [0.4, 0.5) is 0 Å². The van der Waals surface area contributed by atoms with Crippen LogP contribution in [0, 0.1) is 28.1 Å². The Labute approximate surface area is 324 Å². The second kappa shape index (κ2) is 15.6. The van der Waals surface area contributed by atoms with Crippen molar-refractivity contribution in [2.45, 2.75) is 169 Å². The third kappa shape index (κ3) is 6.69. The van der Waals surface area contributed by atoms with Crippen molar-refractivity contribution in [2.24, 2.45) is 28.1 Å². The Morgan fingerprint density at radius 2 is 1.23 bits per heavy atom. The van der Waals surface area contributed by atoms with E-state index in [9.17, 15) is 61.0 Å². The lowest BCUT2D eigenvalue weighted by molar-refractivity contribution is -0.391. The summed E-state index contributed by atoms with van der Waals surface area (Å²) >= 11 is 0. The van der Waals surface area contributed by atoms with Gasteiger partial charge in [-0.25, -0.2) is 0 Å². The van der Waals surface area contributed by atoms with Crippen LogP contribution in [-0.2, 0) is 33.2 Å². The van der Waals surface area contributed by atoms with Crippen molar-refractivity contribution < 1.29 is 89.4 Å². The number of hydrogen-bond acceptors (Lipinski definition) is 17. The fraction of sp³-hybridized carbons (Fsp3) is 0.921. The first-order chi connectivity index (χ1) is 26.4. The monoisotopic (exact) mass is 804 g/mol. The van der Waals surface area contributed by atoms with Gasteiger partial charge in [0, 0.05) is 0 Å². The van der Waals surface area contributed by atoms with E-state index in [1.54, 1.807) is 0 Å². The lowest BCUT2D eigenvalue weighted by atomic mass is 9.41. The van der Waals surface area contributed by atoms with Gasteiger partial charge in [-0.05, 0) is 86.5 Å². The molecule has 4 aliphatic carbocycles. The van der Waals surface area contributed by atoms with E-state index in [-0.39, 0.29) is 22.7 Å². The van der Waals surface area contributed by atoms with Crippen LogP contribution < -0.4 is 0 Å². The second-order valence-electron chi connectivity index (χ2n) is 18.0. The SMILES string of the molecule is C=C1C[C@@]23CC[C@H]4[C@@](C)(CCC[C@@]4(C)C(=O)O)[C@@H]2CC[C@]1(O[C@@H]1O[C@H](CO)[C@@H](O)[C@H](O)[C@H]1O[C@@H]1O[C@H](CO)[C@@H](O)[C@H](O[C@H]2O[C@H](CO)[C@@H](O)[C@H](O)[C@H]2O)[C@H]1O)C3. The first-order valence-electron chi connectivity index (χ1n) is 19.9. The van der Waals surface area contributed by atoms with Crippen molar-refractivity contribution in [3.63, 3.8) is 0 Å². The van der Waals surface area contributed by atoms with E-state index in [1.165, 1.54) is 0 Å². The van der Waals surface area contributed by atoms with Gasteiger partial charge in [0.05, 0.1) is 30.8 Å². The molecule has 3 aliphatic heterocycles. The van der Waals surface area contributed by atoms with E-state index < -0.39 is 129 Å². The molecule has 1 spiro atoms. The van der Waals surface area contributed by atoms with Gasteiger partial charge in [-0.1, -0.05) is 19.9 Å². The Morgan fingerprint density at radius 3 is 1.86 bits per heavy atom. The lowest BCUT2D eigenvalue weighted by Gasteiger charge is -2.64. The van der Waals surface area contributed by atoms with Crippen molar-refractivity contribution in [1.82, 2.24) is 0 Å². The summed E-state index contributed by atoms with van der Waals surface area (Å²) in [4.78, 5) is 12.6. The maximum atomic E-state index is 12.6. The predicted molar refractivity (Wildman–Crippen MR) is 187 cm³/mol. The summed E-state index contributed by atoms with van der Waals surface area (Å²) < 4.78 is 35.8. The predicted octanol–water partition coefficient (Wildman–Crippen LogP) is -2.37. The smallest absolute Gasteiger partial charge is 0.309 e. The Hall–Kier alpha value is -1.43. The highest BCUT2D eigenvalue weighted by molar-refractivity contribution is 5.75. The number of carboxylic acid groups (broad SMARTS) is 1. The number of carbonyl (C=O) groups is 1. The molecule has 56 heavy (non-hydrogen) atoms. The van der Waals surface area contributed by atoms with Crippen molar-refractivity contribution in [3.8, 4) is 0 Å². The molecule has 0 aromatic rings. The van der Waals surface area contributed by atoms with Gasteiger partial charge in [-0.3, -0.25) is 4.79 Å². The van der Waals surface area contributed by atoms with E-state index in [2.05, 4.69) is 13.5 Å². The molecule has 7 fully saturated rings. The topological polar surface area (TPSA) is 295 Å². The molecule has 0 amide bonds. The van der Waals surface area contributed by atoms with Gasteiger partial charge >= 0.3 is 5.97 Å². The minimum Gasteiger partial charge on any atom is -0.481 e. The third-order valence-corrected chi connectivity index (χ3v) is 15.0. The number of fused-ring (bicyclic) bond motifs is 3. The molecule has 4 saturated carbocycles. The molecule has 320 valence electrons. The number of rotatable bonds is 10. The van der Waals surface area contributed by atoms with Crippen molar-refractivity contribution in [3.05, 3.63) is 12.2 Å². The number of carboxylic acids is 1. The van der Waals surface area contributed by atoms with Gasteiger partial charge in [-0.2, -0.15) is 0 Å². The summed E-state index contributed by atoms with van der Waals surface area (Å²) in [6.45, 7) is 6.31. The molecular formula is C38H60O18. The molecule has 0 unspecified atom stereocenters. The summed E-state index contributed by atoms with van der Waals surface area (Å²) in [5, 5.41) is 116. The van der Waals surface area contributed by atoms with E-state index in [4.69, 9.17) is 28.4 Å². The first-order valence-corrected chi connectivity index (χ1v) is 19.9. The molecule has 2 bridgehead atoms. The van der Waals surface area contributed by atoms with Crippen LogP contribution in [0.3, 0.4) is 0 Å². The molecular weight excluding hydrogens is 744 g/mol. The Bertz CT molecular complexity index is 1450. The molecule has 18 nitrogen and oxygen atoms in total. The Kier molecular flexibility index (Phi) is 11.9. The van der Waals surface area contributed by atoms with Gasteiger partial charge in [-0.15, -0.1) is 0 Å². The standard InChI is InChI=1S/C38H60O18/c1-16-11-37-9-5-20-35(2,7-4-8-36(20,3)34(49)50)21(37)6-10-38(16,15-37)56-33-30(26(46)23(43)18(13-40)53-33)55-32-28(48)29(24(44)19(14-41)52-32)54-31-27(47)25(45)22(42)17(12-39)51-31/h17-33,39-48H,1,4-15H2,2-3H3,(H,49,50)/t17-,18-,19-,20+,21+,22-,23-,24-,25+,26+,27-,28-,29+,30-,31-,32+,33+,35-,36-,37-,38+/m1/s1. The van der Waals surface area contributed by atoms with Crippen LogP contribution in [0.1, 0.15) is 71.6 Å². The fourth-order valence-electron chi connectivity index (χ4n) is 12.1. The van der Waals surface area contributed by atoms with Crippen LogP contribution in [0.15, 0.2) is 12.2 Å². The molecule has 0 aromatic heterocycles. The molecule has 0 radical (unpaired) electrons. The average Bonchev–Trinajstić information content (AvgIpc) is 3.36. The summed E-state index contributed by atoms with van der Waals surface area (Å²) in [5.74, 6) is -0.543. The van der Waals surface area contributed by atoms with Crippen molar-refractivity contribution in [1.29, 1.82) is 0 Å². The maximum Gasteiger partial charge on any atom is 0.309 e. The Morgan fingerprint density at radius 1 is 0.679 bits per heavy atom. The van der Waals surface area contributed by atoms with Crippen LogP contribution in [0.2, 0.25) is 0 Å². The molecule has 0 aromatic carbocycles. The van der Waals surface area contributed by atoms with Crippen molar-refractivity contribution >= 4 is 5.97 Å². The molecule has 21 atom stereocenters. The van der Waals surface area contributed by atoms with E-state index in [0.717, 1.165) is 31.3 Å². The first kappa shape index (κ1) is 42.7. The van der Waals surface area contributed by atoms with Gasteiger partial charge in [0.1, 0.15) is 73.2 Å². The highest BCUT2D eigenvalue weighted by atomic mass is 16.8. The number of ether oxygens (including phenoxy) is 6. The third-order valence-electron chi connectivity index (χ3n) is 15.0. The maximum absolute atomic E-state index is 12.6. The number of hydrogen-bond donors (Lipinski definition) is 11. The zero-order valence-corrected chi connectivity index (χ0v) is 31.8. The molecule has 3 saturated heterocycles. The summed E-state index contributed by atoms with van der Waals surface area (Å²) in [6.07, 6.45) is -18.9. The van der Waals surface area contributed by atoms with Gasteiger partial charge in [0.15, 0.2) is 18.9 Å². The number of aliphatic hydroxyl groups is 10. The van der Waals surface area contributed by atoms with E-state index in [0.29, 0.717) is 32.1 Å². The van der Waals surface area contributed by atoms with Crippen LogP contribution in [0.25, 0.3) is 0 Å². The minimum absolute atomic E-state index is 0.0114. The molecule has 7 aliphatic rings. The molecule has 18 heteroatoms. The number of aliphatic hydroxyl groups excluding tert-OH is 10. The van der Waals surface area contributed by atoms with Gasteiger partial charge in [0.2, 0.25) is 0 Å². The van der Waals surface area contributed by atoms with Crippen molar-refractivity contribution in [2.75, 3.05) is 19.8 Å². The quantitative estimate of drug-likeness (QED) is 0.0812. The fourth-order valence-corrected chi connectivity index (χ4v) is 12.1. The summed E-state index contributed by atoms with van der Waals surface area (Å²) in [6, 6.07) is 0. The zero-order chi connectivity index (χ0) is 40.7. The molecule has 7 rings (SSSR count). The van der Waals surface area contributed by atoms with Crippen LogP contribution in [0.5, 0.6) is 0 Å². The zero-order valence-electron chi connectivity index (χ0n) is 31.8. The average molecular weight is 805 g/mol. The van der Waals surface area contributed by atoms with Crippen LogP contribution >= 0.6 is 0 Å². The van der Waals surface area contributed by atoms with E-state index >= 15 is 0 Å². The second-order valence-corrected chi connectivity index (χ2v) is 18.0. The molecule has 3 heterocycles. The largest absolute Gasteiger partial charge is 0.481 e. The summed E-state index contributed by atoms with van der Waals surface area (Å²) in [7, 11) is 0. The lowest BCUT2D eigenvalue weighted by Crippen LogP contribution is -2.67. The minimum atomic E-state index is -1.94.